The molecule has 0 spiro atoms. The highest BCUT2D eigenvalue weighted by molar-refractivity contribution is 7.73. The zero-order chi connectivity index (χ0) is 14.3. The number of methoxy groups -OCH3 is 1. The molecule has 0 saturated carbocycles. The van der Waals surface area contributed by atoms with Crippen LogP contribution in [0.5, 0.6) is 11.6 Å². The Morgan fingerprint density at radius 2 is 2.25 bits per heavy atom. The van der Waals surface area contributed by atoms with Crippen molar-refractivity contribution in [1.82, 2.24) is 4.57 Å². The molecule has 1 aromatic carbocycles. The Hall–Kier alpha value is -1.92. The highest BCUT2D eigenvalue weighted by Gasteiger charge is 2.15. The Labute approximate surface area is 125 Å². The van der Waals surface area contributed by atoms with Crippen molar-refractivity contribution < 1.29 is 9.84 Å². The van der Waals surface area contributed by atoms with Crippen LogP contribution in [0.25, 0.3) is 11.6 Å². The van der Waals surface area contributed by atoms with Gasteiger partial charge in [0.1, 0.15) is 5.75 Å². The van der Waals surface area contributed by atoms with E-state index in [0.717, 1.165) is 27.5 Å². The summed E-state index contributed by atoms with van der Waals surface area (Å²) < 4.78 is 7.46. The van der Waals surface area contributed by atoms with Gasteiger partial charge in [-0.2, -0.15) is 0 Å². The first kappa shape index (κ1) is 13.1. The predicted octanol–water partition coefficient (Wildman–Crippen LogP) is 3.79. The summed E-state index contributed by atoms with van der Waals surface area (Å²) in [6.07, 6.45) is 3.68. The fraction of sp³-hybridized carbons (Fsp3) is 0.143. The number of thiazole rings is 1. The topological polar surface area (TPSA) is 46.8 Å². The van der Waals surface area contributed by atoms with E-state index in [0.29, 0.717) is 3.95 Å². The van der Waals surface area contributed by atoms with Crippen LogP contribution in [0.15, 0.2) is 23.2 Å². The fourth-order valence-corrected chi connectivity index (χ4v) is 3.19. The molecule has 1 aromatic heterocycles. The molecule has 0 saturated heterocycles. The van der Waals surface area contributed by atoms with Gasteiger partial charge in [0.05, 0.1) is 17.7 Å². The lowest BCUT2D eigenvalue weighted by Gasteiger charge is -2.03. The van der Waals surface area contributed by atoms with Crippen molar-refractivity contribution in [2.45, 2.75) is 0 Å². The van der Waals surface area contributed by atoms with Crippen molar-refractivity contribution in [3.05, 3.63) is 32.6 Å². The van der Waals surface area contributed by atoms with E-state index in [4.69, 9.17) is 17.0 Å². The molecule has 3 rings (SSSR count). The molecule has 0 bridgehead atoms. The van der Waals surface area contributed by atoms with Gasteiger partial charge in [-0.25, -0.2) is 0 Å². The van der Waals surface area contributed by atoms with Gasteiger partial charge < -0.3 is 9.84 Å². The lowest BCUT2D eigenvalue weighted by molar-refractivity contribution is 0.415. The van der Waals surface area contributed by atoms with Crippen LogP contribution in [-0.2, 0) is 7.05 Å². The van der Waals surface area contributed by atoms with Gasteiger partial charge in [0.25, 0.3) is 0 Å². The first-order chi connectivity index (χ1) is 9.60. The summed E-state index contributed by atoms with van der Waals surface area (Å²) in [5, 5.41) is 10.0. The lowest BCUT2D eigenvalue weighted by Crippen LogP contribution is -1.86. The molecule has 0 aliphatic carbocycles. The van der Waals surface area contributed by atoms with E-state index >= 15 is 0 Å². The first-order valence-corrected chi connectivity index (χ1v) is 7.15. The van der Waals surface area contributed by atoms with Gasteiger partial charge in [-0.3, -0.25) is 9.56 Å². The number of ether oxygens (including phenoxy) is 1. The highest BCUT2D eigenvalue weighted by Crippen LogP contribution is 2.37. The van der Waals surface area contributed by atoms with E-state index in [-0.39, 0.29) is 5.88 Å². The Morgan fingerprint density at radius 3 is 2.90 bits per heavy atom. The number of fused-ring (bicyclic) bond motifs is 1. The lowest BCUT2D eigenvalue weighted by atomic mass is 10.1. The summed E-state index contributed by atoms with van der Waals surface area (Å²) in [6.45, 7) is 0. The van der Waals surface area contributed by atoms with Crippen molar-refractivity contribution in [3.8, 4) is 11.6 Å². The van der Waals surface area contributed by atoms with Crippen LogP contribution in [0.2, 0.25) is 0 Å². The smallest absolute Gasteiger partial charge is 0.210 e. The standard InChI is InChI=1S/C14H12N2O2S2/c1-16-13(17)12(20-14(16)19)5-8-7-15-11-4-3-9(18-2)6-10(8)11/h3-7,17H,1-2H3/b8-5+. The zero-order valence-corrected chi connectivity index (χ0v) is 12.6. The van der Waals surface area contributed by atoms with Crippen LogP contribution in [-0.4, -0.2) is 23.0 Å². The molecule has 102 valence electrons. The SMILES string of the molecule is COc1ccc2c(c1)/C(=C/c1sc(=S)n(C)c1O)C=N2. The number of aromatic hydroxyl groups is 1. The van der Waals surface area contributed by atoms with Gasteiger partial charge in [-0.15, -0.1) is 11.3 Å². The molecule has 0 radical (unpaired) electrons. The fourth-order valence-electron chi connectivity index (χ4n) is 2.00. The van der Waals surface area contributed by atoms with Crippen molar-refractivity contribution in [2.75, 3.05) is 7.11 Å². The zero-order valence-electron chi connectivity index (χ0n) is 11.0. The molecule has 0 unspecified atom stereocenters. The molecule has 1 aliphatic heterocycles. The summed E-state index contributed by atoms with van der Waals surface area (Å²) >= 11 is 6.53. The van der Waals surface area contributed by atoms with Gasteiger partial charge in [-0.1, -0.05) is 0 Å². The maximum Gasteiger partial charge on any atom is 0.210 e. The molecule has 2 heterocycles. The van der Waals surface area contributed by atoms with E-state index in [1.165, 1.54) is 11.3 Å². The summed E-state index contributed by atoms with van der Waals surface area (Å²) in [5.74, 6) is 0.960. The molecule has 0 fully saturated rings. The number of aliphatic imine (C=N–C) groups is 1. The largest absolute Gasteiger partial charge is 0.497 e. The predicted molar refractivity (Wildman–Crippen MR) is 84.8 cm³/mol. The Kier molecular flexibility index (Phi) is 3.19. The van der Waals surface area contributed by atoms with Crippen LogP contribution in [0.4, 0.5) is 5.69 Å². The molecule has 1 aliphatic rings. The van der Waals surface area contributed by atoms with Crippen molar-refractivity contribution in [2.24, 2.45) is 12.0 Å². The summed E-state index contributed by atoms with van der Waals surface area (Å²) in [6, 6.07) is 5.73. The normalized spacial score (nSPS) is 14.8. The van der Waals surface area contributed by atoms with Gasteiger partial charge >= 0.3 is 0 Å². The third-order valence-electron chi connectivity index (χ3n) is 3.15. The number of aromatic nitrogens is 1. The summed E-state index contributed by atoms with van der Waals surface area (Å²) in [4.78, 5) is 5.08. The third kappa shape index (κ3) is 2.07. The maximum atomic E-state index is 10.0. The quantitative estimate of drug-likeness (QED) is 0.859. The molecule has 0 amide bonds. The number of rotatable bonds is 2. The molecule has 0 atom stereocenters. The Bertz CT molecular complexity index is 800. The number of benzene rings is 1. The second-order valence-electron chi connectivity index (χ2n) is 4.36. The first-order valence-electron chi connectivity index (χ1n) is 5.93. The number of hydrogen-bond acceptors (Lipinski definition) is 5. The van der Waals surface area contributed by atoms with Crippen LogP contribution in [0, 0.1) is 3.95 Å². The minimum absolute atomic E-state index is 0.178. The Balaban J connectivity index is 2.10. The summed E-state index contributed by atoms with van der Waals surface area (Å²) in [5.41, 5.74) is 2.83. The average molecular weight is 304 g/mol. The van der Waals surface area contributed by atoms with E-state index in [2.05, 4.69) is 4.99 Å². The monoisotopic (exact) mass is 304 g/mol. The number of allylic oxidation sites excluding steroid dienone is 1. The van der Waals surface area contributed by atoms with Crippen molar-refractivity contribution >= 4 is 47.1 Å². The minimum Gasteiger partial charge on any atom is -0.497 e. The number of nitrogens with zero attached hydrogens (tertiary/aromatic N) is 2. The van der Waals surface area contributed by atoms with Crippen molar-refractivity contribution in [3.63, 3.8) is 0 Å². The van der Waals surface area contributed by atoms with E-state index in [9.17, 15) is 5.11 Å². The molecule has 6 heteroatoms. The maximum absolute atomic E-state index is 10.0. The van der Waals surface area contributed by atoms with Crippen LogP contribution >= 0.6 is 23.6 Å². The van der Waals surface area contributed by atoms with Crippen molar-refractivity contribution in [1.29, 1.82) is 0 Å². The molecule has 2 aromatic rings. The second kappa shape index (κ2) is 4.88. The van der Waals surface area contributed by atoms with Gasteiger partial charge in [0.2, 0.25) is 5.88 Å². The van der Waals surface area contributed by atoms with Crippen LogP contribution in [0.1, 0.15) is 10.4 Å². The molecule has 20 heavy (non-hydrogen) atoms. The van der Waals surface area contributed by atoms with Gasteiger partial charge in [-0.05, 0) is 36.5 Å². The molecule has 4 nitrogen and oxygen atoms in total. The van der Waals surface area contributed by atoms with E-state index in [1.807, 2.05) is 24.3 Å². The van der Waals surface area contributed by atoms with Gasteiger partial charge in [0.15, 0.2) is 3.95 Å². The van der Waals surface area contributed by atoms with Crippen LogP contribution < -0.4 is 4.74 Å². The second-order valence-corrected chi connectivity index (χ2v) is 6.03. The Morgan fingerprint density at radius 1 is 1.45 bits per heavy atom. The third-order valence-corrected chi connectivity index (χ3v) is 4.65. The van der Waals surface area contributed by atoms with E-state index < -0.39 is 0 Å². The average Bonchev–Trinajstić information content (AvgIpc) is 2.96. The molecular weight excluding hydrogens is 292 g/mol. The highest BCUT2D eigenvalue weighted by atomic mass is 32.1. The van der Waals surface area contributed by atoms with Gasteiger partial charge in [0, 0.05) is 24.4 Å². The minimum atomic E-state index is 0.178. The molecule has 1 N–H and O–H groups in total. The molecular formula is C14H12N2O2S2. The van der Waals surface area contributed by atoms with E-state index in [1.54, 1.807) is 24.9 Å². The summed E-state index contributed by atoms with van der Waals surface area (Å²) in [7, 11) is 3.38. The number of hydrogen-bond donors (Lipinski definition) is 1. The van der Waals surface area contributed by atoms with Crippen LogP contribution in [0.3, 0.4) is 0 Å².